The van der Waals surface area contributed by atoms with Gasteiger partial charge in [0.2, 0.25) is 0 Å². The zero-order valence-corrected chi connectivity index (χ0v) is 18.4. The van der Waals surface area contributed by atoms with Crippen molar-refractivity contribution in [3.8, 4) is 17.0 Å². The summed E-state index contributed by atoms with van der Waals surface area (Å²) in [6.45, 7) is 2.17. The summed E-state index contributed by atoms with van der Waals surface area (Å²) in [5.74, 6) is 0.818. The minimum atomic E-state index is -0.374. The fourth-order valence-corrected chi connectivity index (χ4v) is 3.66. The van der Waals surface area contributed by atoms with Gasteiger partial charge >= 0.3 is 0 Å². The van der Waals surface area contributed by atoms with Crippen LogP contribution in [0.2, 0.25) is 5.02 Å². The molecule has 1 amide bonds. The maximum atomic E-state index is 13.1. The molecule has 0 aliphatic rings. The highest BCUT2D eigenvalue weighted by Gasteiger charge is 2.21. The number of nitrogens with zero attached hydrogens (tertiary/aromatic N) is 6. The van der Waals surface area contributed by atoms with Crippen molar-refractivity contribution in [3.05, 3.63) is 77.2 Å². The van der Waals surface area contributed by atoms with Crippen LogP contribution >= 0.6 is 11.6 Å². The van der Waals surface area contributed by atoms with Gasteiger partial charge in [-0.05, 0) is 31.2 Å². The quantitative estimate of drug-likeness (QED) is 0.407. The van der Waals surface area contributed by atoms with Crippen molar-refractivity contribution >= 4 is 28.8 Å². The van der Waals surface area contributed by atoms with E-state index in [0.717, 1.165) is 5.69 Å². The predicted octanol–water partition coefficient (Wildman–Crippen LogP) is 3.85. The second-order valence-electron chi connectivity index (χ2n) is 7.27. The minimum Gasteiger partial charge on any atom is -0.496 e. The van der Waals surface area contributed by atoms with E-state index in [-0.39, 0.29) is 5.91 Å². The van der Waals surface area contributed by atoms with Crippen LogP contribution in [0, 0.1) is 6.92 Å². The first-order valence-electron chi connectivity index (χ1n) is 9.95. The highest BCUT2D eigenvalue weighted by Crippen LogP contribution is 2.36. The van der Waals surface area contributed by atoms with Gasteiger partial charge in [-0.1, -0.05) is 16.8 Å². The number of halogens is 1. The SMILES string of the molecule is COc1ccc(Cl)cc1-c1nn(Cc2cc(C)no2)cc1NC(=O)c1cnn2cccnc12. The molecule has 0 fully saturated rings. The maximum Gasteiger partial charge on any atom is 0.261 e. The van der Waals surface area contributed by atoms with Crippen molar-refractivity contribution in [2.45, 2.75) is 13.5 Å². The van der Waals surface area contributed by atoms with E-state index in [9.17, 15) is 4.79 Å². The van der Waals surface area contributed by atoms with Crippen molar-refractivity contribution in [2.24, 2.45) is 0 Å². The molecule has 1 aromatic carbocycles. The number of carbonyl (C=O) groups is 1. The molecule has 4 heterocycles. The molecule has 0 saturated heterocycles. The summed E-state index contributed by atoms with van der Waals surface area (Å²) in [6, 6.07) is 8.77. The summed E-state index contributed by atoms with van der Waals surface area (Å²) in [7, 11) is 1.56. The van der Waals surface area contributed by atoms with Crippen LogP contribution < -0.4 is 10.1 Å². The van der Waals surface area contributed by atoms with Crippen LogP contribution in [-0.4, -0.2) is 42.6 Å². The van der Waals surface area contributed by atoms with Crippen molar-refractivity contribution in [1.29, 1.82) is 0 Å². The summed E-state index contributed by atoms with van der Waals surface area (Å²) >= 11 is 6.25. The first kappa shape index (κ1) is 20.7. The zero-order chi connectivity index (χ0) is 22.9. The van der Waals surface area contributed by atoms with E-state index in [1.807, 2.05) is 13.0 Å². The summed E-state index contributed by atoms with van der Waals surface area (Å²) in [5.41, 5.74) is 3.13. The largest absolute Gasteiger partial charge is 0.496 e. The molecule has 0 aliphatic heterocycles. The Labute approximate surface area is 192 Å². The number of ether oxygens (including phenoxy) is 1. The van der Waals surface area contributed by atoms with Gasteiger partial charge in [0.1, 0.15) is 23.6 Å². The number of hydrogen-bond acceptors (Lipinski definition) is 7. The zero-order valence-electron chi connectivity index (χ0n) is 17.7. The average Bonchev–Trinajstić information content (AvgIpc) is 3.52. The van der Waals surface area contributed by atoms with Crippen molar-refractivity contribution in [2.75, 3.05) is 12.4 Å². The lowest BCUT2D eigenvalue weighted by atomic mass is 10.1. The first-order chi connectivity index (χ1) is 16.0. The highest BCUT2D eigenvalue weighted by atomic mass is 35.5. The second-order valence-corrected chi connectivity index (χ2v) is 7.70. The minimum absolute atomic E-state index is 0.324. The van der Waals surface area contributed by atoms with Crippen LogP contribution in [0.4, 0.5) is 5.69 Å². The fourth-order valence-electron chi connectivity index (χ4n) is 3.49. The molecule has 4 aromatic heterocycles. The topological polar surface area (TPSA) is 112 Å². The van der Waals surface area contributed by atoms with Crippen LogP contribution in [0.15, 0.2) is 59.6 Å². The molecule has 11 heteroatoms. The molecule has 0 saturated carbocycles. The third-order valence-electron chi connectivity index (χ3n) is 4.95. The lowest BCUT2D eigenvalue weighted by molar-refractivity contribution is 0.102. The molecule has 0 bridgehead atoms. The Morgan fingerprint density at radius 1 is 1.30 bits per heavy atom. The molecule has 1 N–H and O–H groups in total. The Morgan fingerprint density at radius 3 is 2.97 bits per heavy atom. The Bertz CT molecular complexity index is 1470. The molecule has 0 atom stereocenters. The third kappa shape index (κ3) is 4.03. The smallest absolute Gasteiger partial charge is 0.261 e. The number of hydrogen-bond donors (Lipinski definition) is 1. The monoisotopic (exact) mass is 463 g/mol. The van der Waals surface area contributed by atoms with Gasteiger partial charge in [0.05, 0.1) is 24.7 Å². The van der Waals surface area contributed by atoms with Gasteiger partial charge < -0.3 is 14.6 Å². The number of aromatic nitrogens is 6. The maximum absolute atomic E-state index is 13.1. The number of methoxy groups -OCH3 is 1. The van der Waals surface area contributed by atoms with Gasteiger partial charge in [-0.25, -0.2) is 9.50 Å². The number of rotatable bonds is 6. The second kappa shape index (κ2) is 8.40. The molecule has 0 aliphatic carbocycles. The number of aryl methyl sites for hydroxylation is 1. The first-order valence-corrected chi connectivity index (χ1v) is 10.3. The molecular formula is C22H18ClN7O3. The van der Waals surface area contributed by atoms with Crippen molar-refractivity contribution < 1.29 is 14.1 Å². The molecule has 10 nitrogen and oxygen atoms in total. The van der Waals surface area contributed by atoms with Crippen molar-refractivity contribution in [3.63, 3.8) is 0 Å². The standard InChI is InChI=1S/C22H18ClN7O3/c1-13-8-15(33-28-13)11-29-12-18(20(27-29)16-9-14(23)4-5-19(16)32-2)26-22(31)17-10-25-30-7-3-6-24-21(17)30/h3-10,12H,11H2,1-2H3,(H,26,31). The number of nitrogens with one attached hydrogen (secondary N) is 1. The number of anilines is 1. The summed E-state index contributed by atoms with van der Waals surface area (Å²) < 4.78 is 14.0. The molecular weight excluding hydrogens is 446 g/mol. The molecule has 5 rings (SSSR count). The van der Waals surface area contributed by atoms with Gasteiger partial charge in [-0.15, -0.1) is 0 Å². The van der Waals surface area contributed by atoms with Gasteiger partial charge in [0, 0.05) is 35.2 Å². The lowest BCUT2D eigenvalue weighted by Gasteiger charge is -2.09. The molecule has 0 unspecified atom stereocenters. The van der Waals surface area contributed by atoms with E-state index in [2.05, 4.69) is 25.7 Å². The van der Waals surface area contributed by atoms with E-state index in [1.54, 1.807) is 54.6 Å². The highest BCUT2D eigenvalue weighted by molar-refractivity contribution is 6.31. The Hall–Kier alpha value is -4.18. The number of carbonyl (C=O) groups excluding carboxylic acids is 1. The van der Waals surface area contributed by atoms with E-state index in [1.165, 1.54) is 10.7 Å². The van der Waals surface area contributed by atoms with E-state index < -0.39 is 0 Å². The summed E-state index contributed by atoms with van der Waals surface area (Å²) in [4.78, 5) is 17.4. The lowest BCUT2D eigenvalue weighted by Crippen LogP contribution is -2.12. The van der Waals surface area contributed by atoms with Gasteiger partial charge in [0.25, 0.3) is 5.91 Å². The van der Waals surface area contributed by atoms with E-state index >= 15 is 0 Å². The number of amides is 1. The van der Waals surface area contributed by atoms with Crippen LogP contribution in [0.1, 0.15) is 21.8 Å². The van der Waals surface area contributed by atoms with Gasteiger partial charge in [-0.2, -0.15) is 10.2 Å². The Morgan fingerprint density at radius 2 is 2.18 bits per heavy atom. The average molecular weight is 464 g/mol. The molecule has 0 radical (unpaired) electrons. The third-order valence-corrected chi connectivity index (χ3v) is 5.18. The van der Waals surface area contributed by atoms with Crippen LogP contribution in [-0.2, 0) is 6.54 Å². The molecule has 0 spiro atoms. The van der Waals surface area contributed by atoms with E-state index in [4.69, 9.17) is 20.9 Å². The van der Waals surface area contributed by atoms with E-state index in [0.29, 0.717) is 51.2 Å². The van der Waals surface area contributed by atoms with Gasteiger partial charge in [0.15, 0.2) is 11.4 Å². The Balaban J connectivity index is 1.56. The summed E-state index contributed by atoms with van der Waals surface area (Å²) in [6.07, 6.45) is 6.51. The van der Waals surface area contributed by atoms with Crippen LogP contribution in [0.25, 0.3) is 16.9 Å². The molecule has 33 heavy (non-hydrogen) atoms. The number of fused-ring (bicyclic) bond motifs is 1. The van der Waals surface area contributed by atoms with Crippen molar-refractivity contribution in [1.82, 2.24) is 29.5 Å². The Kier molecular flexibility index (Phi) is 5.27. The van der Waals surface area contributed by atoms with Crippen LogP contribution in [0.3, 0.4) is 0 Å². The molecule has 166 valence electrons. The molecule has 5 aromatic rings. The number of benzene rings is 1. The van der Waals surface area contributed by atoms with Gasteiger partial charge in [-0.3, -0.25) is 9.48 Å². The van der Waals surface area contributed by atoms with Crippen LogP contribution in [0.5, 0.6) is 5.75 Å². The summed E-state index contributed by atoms with van der Waals surface area (Å²) in [5, 5.41) is 16.2. The fraction of sp³-hybridized carbons (Fsp3) is 0.136. The predicted molar refractivity (Wildman–Crippen MR) is 121 cm³/mol. The normalized spacial score (nSPS) is 11.1.